The lowest BCUT2D eigenvalue weighted by Crippen LogP contribution is -2.45. The molecule has 2 aliphatic rings. The topological polar surface area (TPSA) is 52.6 Å². The second-order valence-corrected chi connectivity index (χ2v) is 4.40. The van der Waals surface area contributed by atoms with Gasteiger partial charge in [0.25, 0.3) is 0 Å². The predicted molar refractivity (Wildman–Crippen MR) is 52.8 cm³/mol. The molecule has 0 spiro atoms. The predicted octanol–water partition coefficient (Wildman–Crippen LogP) is -0.280. The minimum Gasteiger partial charge on any atom is -0.392 e. The van der Waals surface area contributed by atoms with E-state index in [1.165, 1.54) is 0 Å². The molecule has 0 radical (unpaired) electrons. The first kappa shape index (κ1) is 9.93. The summed E-state index contributed by atoms with van der Waals surface area (Å²) in [5.41, 5.74) is 0. The van der Waals surface area contributed by atoms with Crippen molar-refractivity contribution >= 4 is 5.91 Å². The molecule has 2 atom stereocenters. The molecular formula is C10H18N2O2. The summed E-state index contributed by atoms with van der Waals surface area (Å²) in [6.45, 7) is 3.38. The summed E-state index contributed by atoms with van der Waals surface area (Å²) < 4.78 is 0. The Bertz CT molecular complexity index is 228. The normalized spacial score (nSPS) is 30.3. The molecule has 0 bridgehead atoms. The summed E-state index contributed by atoms with van der Waals surface area (Å²) in [6, 6.07) is 0.338. The summed E-state index contributed by atoms with van der Waals surface area (Å²) in [4.78, 5) is 13.7. The Morgan fingerprint density at radius 1 is 1.50 bits per heavy atom. The first-order chi connectivity index (χ1) is 6.66. The van der Waals surface area contributed by atoms with Crippen LogP contribution in [0.1, 0.15) is 26.2 Å². The van der Waals surface area contributed by atoms with Gasteiger partial charge in [-0.3, -0.25) is 9.69 Å². The number of hydrogen-bond donors (Lipinski definition) is 2. The molecule has 1 saturated heterocycles. The Labute approximate surface area is 84.3 Å². The van der Waals surface area contributed by atoms with Gasteiger partial charge >= 0.3 is 0 Å². The fraction of sp³-hybridized carbons (Fsp3) is 0.900. The van der Waals surface area contributed by atoms with Crippen LogP contribution >= 0.6 is 0 Å². The van der Waals surface area contributed by atoms with Crippen molar-refractivity contribution in [2.45, 2.75) is 44.4 Å². The monoisotopic (exact) mass is 198 g/mol. The van der Waals surface area contributed by atoms with Crippen molar-refractivity contribution in [2.75, 3.05) is 13.1 Å². The van der Waals surface area contributed by atoms with Crippen molar-refractivity contribution in [1.82, 2.24) is 10.2 Å². The van der Waals surface area contributed by atoms with Gasteiger partial charge in [0.05, 0.1) is 12.1 Å². The second-order valence-electron chi connectivity index (χ2n) is 4.40. The van der Waals surface area contributed by atoms with Crippen LogP contribution in [0.15, 0.2) is 0 Å². The number of nitrogens with one attached hydrogen (secondary N) is 1. The van der Waals surface area contributed by atoms with E-state index in [1.807, 2.05) is 11.8 Å². The van der Waals surface area contributed by atoms with Gasteiger partial charge < -0.3 is 10.4 Å². The molecule has 0 aromatic rings. The highest BCUT2D eigenvalue weighted by Crippen LogP contribution is 2.19. The molecule has 1 aliphatic carbocycles. The highest BCUT2D eigenvalue weighted by molar-refractivity contribution is 5.81. The molecule has 80 valence electrons. The molecule has 0 aromatic heterocycles. The smallest absolute Gasteiger partial charge is 0.237 e. The number of aliphatic hydroxyl groups is 1. The minimum atomic E-state index is -0.244. The Kier molecular flexibility index (Phi) is 2.74. The van der Waals surface area contributed by atoms with Crippen LogP contribution in [0.25, 0.3) is 0 Å². The van der Waals surface area contributed by atoms with Crippen molar-refractivity contribution in [1.29, 1.82) is 0 Å². The summed E-state index contributed by atoms with van der Waals surface area (Å²) in [6.07, 6.45) is 2.80. The third-order valence-corrected chi connectivity index (χ3v) is 3.05. The van der Waals surface area contributed by atoms with Gasteiger partial charge in [-0.1, -0.05) is 0 Å². The van der Waals surface area contributed by atoms with Crippen LogP contribution in [0.3, 0.4) is 0 Å². The molecule has 0 aromatic carbocycles. The lowest BCUT2D eigenvalue weighted by molar-refractivity contribution is -0.125. The quantitative estimate of drug-likeness (QED) is 0.656. The second kappa shape index (κ2) is 3.87. The van der Waals surface area contributed by atoms with Crippen LogP contribution < -0.4 is 5.32 Å². The number of amides is 1. The van der Waals surface area contributed by atoms with Gasteiger partial charge in [0.15, 0.2) is 0 Å². The summed E-state index contributed by atoms with van der Waals surface area (Å²) in [5, 5.41) is 12.3. The standard InChI is InChI=1S/C10H18N2O2/c1-7(10(14)11-8-2-3-8)12-5-4-9(13)6-12/h7-9,13H,2-6H2,1H3,(H,11,14)/t7?,9-/m1/s1. The van der Waals surface area contributed by atoms with E-state index in [2.05, 4.69) is 5.32 Å². The maximum Gasteiger partial charge on any atom is 0.237 e. The average molecular weight is 198 g/mol. The molecule has 4 nitrogen and oxygen atoms in total. The van der Waals surface area contributed by atoms with E-state index in [0.717, 1.165) is 25.8 Å². The van der Waals surface area contributed by atoms with Gasteiger partial charge in [-0.2, -0.15) is 0 Å². The number of aliphatic hydroxyl groups excluding tert-OH is 1. The zero-order valence-electron chi connectivity index (χ0n) is 8.57. The van der Waals surface area contributed by atoms with Crippen molar-refractivity contribution in [3.8, 4) is 0 Å². The van der Waals surface area contributed by atoms with Crippen LogP contribution in [-0.4, -0.2) is 47.2 Å². The molecule has 1 saturated carbocycles. The van der Waals surface area contributed by atoms with E-state index < -0.39 is 0 Å². The molecular weight excluding hydrogens is 180 g/mol. The third-order valence-electron chi connectivity index (χ3n) is 3.05. The van der Waals surface area contributed by atoms with Crippen molar-refractivity contribution < 1.29 is 9.90 Å². The lowest BCUT2D eigenvalue weighted by Gasteiger charge is -2.22. The highest BCUT2D eigenvalue weighted by atomic mass is 16.3. The molecule has 1 aliphatic heterocycles. The van der Waals surface area contributed by atoms with Crippen molar-refractivity contribution in [2.24, 2.45) is 0 Å². The molecule has 1 heterocycles. The Morgan fingerprint density at radius 3 is 2.71 bits per heavy atom. The molecule has 1 unspecified atom stereocenters. The maximum atomic E-state index is 11.7. The van der Waals surface area contributed by atoms with Crippen molar-refractivity contribution in [3.63, 3.8) is 0 Å². The van der Waals surface area contributed by atoms with Gasteiger partial charge in [0.2, 0.25) is 5.91 Å². The number of nitrogens with zero attached hydrogens (tertiary/aromatic N) is 1. The van der Waals surface area contributed by atoms with Crippen LogP contribution in [0.2, 0.25) is 0 Å². The van der Waals surface area contributed by atoms with E-state index in [9.17, 15) is 9.90 Å². The van der Waals surface area contributed by atoms with Crippen LogP contribution in [0, 0.1) is 0 Å². The van der Waals surface area contributed by atoms with E-state index in [1.54, 1.807) is 0 Å². The zero-order chi connectivity index (χ0) is 10.1. The van der Waals surface area contributed by atoms with Gasteiger partial charge in [-0.15, -0.1) is 0 Å². The lowest BCUT2D eigenvalue weighted by atomic mass is 10.3. The largest absolute Gasteiger partial charge is 0.392 e. The van der Waals surface area contributed by atoms with Crippen molar-refractivity contribution in [3.05, 3.63) is 0 Å². The van der Waals surface area contributed by atoms with E-state index in [0.29, 0.717) is 12.6 Å². The average Bonchev–Trinajstić information content (AvgIpc) is 2.85. The third kappa shape index (κ3) is 2.25. The van der Waals surface area contributed by atoms with E-state index in [4.69, 9.17) is 0 Å². The number of carbonyl (C=O) groups is 1. The highest BCUT2D eigenvalue weighted by Gasteiger charge is 2.31. The summed E-state index contributed by atoms with van der Waals surface area (Å²) in [5.74, 6) is 0.113. The minimum absolute atomic E-state index is 0.0900. The van der Waals surface area contributed by atoms with E-state index >= 15 is 0 Å². The number of likely N-dealkylation sites (tertiary alicyclic amines) is 1. The fourth-order valence-corrected chi connectivity index (χ4v) is 1.84. The van der Waals surface area contributed by atoms with Gasteiger partial charge in [-0.25, -0.2) is 0 Å². The van der Waals surface area contributed by atoms with E-state index in [-0.39, 0.29) is 18.1 Å². The zero-order valence-corrected chi connectivity index (χ0v) is 8.57. The summed E-state index contributed by atoms with van der Waals surface area (Å²) in [7, 11) is 0. The Morgan fingerprint density at radius 2 is 2.21 bits per heavy atom. The molecule has 14 heavy (non-hydrogen) atoms. The fourth-order valence-electron chi connectivity index (χ4n) is 1.84. The first-order valence-electron chi connectivity index (χ1n) is 5.39. The molecule has 2 rings (SSSR count). The maximum absolute atomic E-state index is 11.7. The number of carbonyl (C=O) groups excluding carboxylic acids is 1. The number of rotatable bonds is 3. The number of β-amino-alcohol motifs (C(OH)–C–C–N with tert-alkyl or cyclic N) is 1. The Hall–Kier alpha value is -0.610. The van der Waals surface area contributed by atoms with Gasteiger partial charge in [0, 0.05) is 19.1 Å². The molecule has 4 heteroatoms. The molecule has 2 N–H and O–H groups in total. The van der Waals surface area contributed by atoms with Crippen LogP contribution in [0.5, 0.6) is 0 Å². The molecule has 1 amide bonds. The van der Waals surface area contributed by atoms with Gasteiger partial charge in [0.1, 0.15) is 0 Å². The first-order valence-corrected chi connectivity index (χ1v) is 5.39. The van der Waals surface area contributed by atoms with Gasteiger partial charge in [-0.05, 0) is 26.2 Å². The number of hydrogen-bond acceptors (Lipinski definition) is 3. The molecule has 2 fully saturated rings. The Balaban J connectivity index is 1.80. The summed E-state index contributed by atoms with van der Waals surface area (Å²) >= 11 is 0. The van der Waals surface area contributed by atoms with Crippen LogP contribution in [-0.2, 0) is 4.79 Å². The van der Waals surface area contributed by atoms with Crippen LogP contribution in [0.4, 0.5) is 0 Å². The SMILES string of the molecule is CC(C(=O)NC1CC1)N1CC[C@@H](O)C1.